The number of carbonyl (C=O) groups is 2. The van der Waals surface area contributed by atoms with Crippen LogP contribution in [0.15, 0.2) is 72.8 Å². The summed E-state index contributed by atoms with van der Waals surface area (Å²) in [6, 6.07) is 19.4. The van der Waals surface area contributed by atoms with E-state index in [9.17, 15) is 9.59 Å². The Balaban J connectivity index is 1.40. The Kier molecular flexibility index (Phi) is 7.32. The largest absolute Gasteiger partial charge is 0.456 e. The zero-order chi connectivity index (χ0) is 26.9. The second-order valence-electron chi connectivity index (χ2n) is 11.6. The molecule has 2 bridgehead atoms. The zero-order valence-corrected chi connectivity index (χ0v) is 22.7. The van der Waals surface area contributed by atoms with Crippen LogP contribution in [-0.4, -0.2) is 35.3 Å². The highest BCUT2D eigenvalue weighted by atomic mass is 16.6. The van der Waals surface area contributed by atoms with Crippen molar-refractivity contribution >= 4 is 24.1 Å². The molecule has 0 amide bonds. The van der Waals surface area contributed by atoms with E-state index < -0.39 is 23.4 Å². The van der Waals surface area contributed by atoms with Gasteiger partial charge in [-0.1, -0.05) is 81.4 Å². The van der Waals surface area contributed by atoms with Crippen LogP contribution in [0.25, 0.3) is 12.2 Å². The van der Waals surface area contributed by atoms with E-state index in [0.29, 0.717) is 12.3 Å². The van der Waals surface area contributed by atoms with Gasteiger partial charge >= 0.3 is 11.9 Å². The Morgan fingerprint density at radius 3 is 2.00 bits per heavy atom. The van der Waals surface area contributed by atoms with Gasteiger partial charge in [0.1, 0.15) is 23.4 Å². The van der Waals surface area contributed by atoms with Crippen LogP contribution in [0.3, 0.4) is 0 Å². The molecule has 3 fully saturated rings. The third-order valence-electron chi connectivity index (χ3n) is 9.08. The molecule has 5 rings (SSSR count). The molecule has 0 radical (unpaired) electrons. The molecule has 7 atom stereocenters. The summed E-state index contributed by atoms with van der Waals surface area (Å²) in [5.41, 5.74) is 0.535. The first-order chi connectivity index (χ1) is 18.2. The first-order valence-electron chi connectivity index (χ1n) is 13.8. The average Bonchev–Trinajstić information content (AvgIpc) is 3.43. The summed E-state index contributed by atoms with van der Waals surface area (Å²) in [4.78, 5) is 26.1. The number of carbonyl (C=O) groups excluding carboxylic acids is 2. The van der Waals surface area contributed by atoms with Gasteiger partial charge in [-0.15, -0.1) is 0 Å². The first kappa shape index (κ1) is 26.4. The normalized spacial score (nSPS) is 34.1. The molecule has 0 spiro atoms. The van der Waals surface area contributed by atoms with Crippen LogP contribution >= 0.6 is 0 Å². The maximum Gasteiger partial charge on any atom is 0.331 e. The molecule has 1 saturated carbocycles. The molecule has 3 aliphatic rings. The van der Waals surface area contributed by atoms with Gasteiger partial charge in [0.05, 0.1) is 0 Å². The number of esters is 2. The molecule has 2 saturated heterocycles. The van der Waals surface area contributed by atoms with Gasteiger partial charge < -0.3 is 14.2 Å². The third-order valence-corrected chi connectivity index (χ3v) is 9.08. The lowest BCUT2D eigenvalue weighted by atomic mass is 9.69. The molecule has 0 unspecified atom stereocenters. The fourth-order valence-electron chi connectivity index (χ4n) is 7.05. The standard InChI is InChI=1S/C33H38O5/c1-22(2)33-21-27(36-28(34)19-16-24-11-7-5-8-12-24)32(4,38-33)26-18-15-23(3)30(26)31(33)37-29(35)20-17-25-13-9-6-10-14-25/h5-14,16-17,19-20,22-23,26-27,30-31H,15,18,21H2,1-4H3/b19-16+,20-17+/t23-,26-,27-,30-,31+,32+,33-/m1/s1. The maximum atomic E-state index is 13.1. The van der Waals surface area contributed by atoms with Crippen LogP contribution in [0.2, 0.25) is 0 Å². The Morgan fingerprint density at radius 1 is 0.895 bits per heavy atom. The minimum Gasteiger partial charge on any atom is -0.456 e. The van der Waals surface area contributed by atoms with E-state index in [0.717, 1.165) is 24.0 Å². The minimum absolute atomic E-state index is 0.0649. The Hall–Kier alpha value is -3.18. The quantitative estimate of drug-likeness (QED) is 0.312. The molecule has 200 valence electrons. The van der Waals surface area contributed by atoms with Crippen molar-refractivity contribution in [3.8, 4) is 0 Å². The summed E-state index contributed by atoms with van der Waals surface area (Å²) in [7, 11) is 0. The highest BCUT2D eigenvalue weighted by molar-refractivity contribution is 5.88. The maximum absolute atomic E-state index is 13.1. The first-order valence-corrected chi connectivity index (χ1v) is 13.8. The van der Waals surface area contributed by atoms with Crippen LogP contribution in [0.1, 0.15) is 58.1 Å². The zero-order valence-electron chi connectivity index (χ0n) is 22.7. The molecule has 2 aliphatic heterocycles. The van der Waals surface area contributed by atoms with E-state index >= 15 is 0 Å². The summed E-state index contributed by atoms with van der Waals surface area (Å²) in [5, 5.41) is 0. The van der Waals surface area contributed by atoms with Gasteiger partial charge in [0.15, 0.2) is 0 Å². The van der Waals surface area contributed by atoms with Gasteiger partial charge in [-0.05, 0) is 60.8 Å². The van der Waals surface area contributed by atoms with E-state index in [-0.39, 0.29) is 29.7 Å². The van der Waals surface area contributed by atoms with E-state index in [4.69, 9.17) is 14.2 Å². The number of hydrogen-bond acceptors (Lipinski definition) is 5. The highest BCUT2D eigenvalue weighted by Crippen LogP contribution is 2.63. The number of benzene rings is 2. The Morgan fingerprint density at radius 2 is 1.45 bits per heavy atom. The molecule has 2 aromatic carbocycles. The smallest absolute Gasteiger partial charge is 0.331 e. The van der Waals surface area contributed by atoms with Crippen LogP contribution in [0.5, 0.6) is 0 Å². The molecular weight excluding hydrogens is 476 g/mol. The van der Waals surface area contributed by atoms with Crippen molar-refractivity contribution in [3.05, 3.63) is 83.9 Å². The topological polar surface area (TPSA) is 61.8 Å². The molecule has 0 aromatic heterocycles. The van der Waals surface area contributed by atoms with Crippen molar-refractivity contribution in [3.63, 3.8) is 0 Å². The predicted molar refractivity (Wildman–Crippen MR) is 148 cm³/mol. The SMILES string of the molecule is CC(C)[C@@]12C[C@@H](OC(=O)/C=C/c3ccccc3)[C@@](C)(O1)[C@@H]1CC[C@@H](C)[C@H]1[C@@H]2OC(=O)/C=C/c1ccccc1. The molecule has 5 heteroatoms. The minimum atomic E-state index is -0.723. The molecule has 1 aliphatic carbocycles. The second kappa shape index (κ2) is 10.5. The summed E-state index contributed by atoms with van der Waals surface area (Å²) in [6.07, 6.45) is 8.22. The third kappa shape index (κ3) is 4.84. The number of hydrogen-bond donors (Lipinski definition) is 0. The monoisotopic (exact) mass is 514 g/mol. The molecule has 5 nitrogen and oxygen atoms in total. The van der Waals surface area contributed by atoms with E-state index in [1.54, 1.807) is 12.2 Å². The Labute approximate surface area is 225 Å². The average molecular weight is 515 g/mol. The van der Waals surface area contributed by atoms with Gasteiger partial charge in [0.2, 0.25) is 0 Å². The van der Waals surface area contributed by atoms with Gasteiger partial charge in [0.25, 0.3) is 0 Å². The Bertz CT molecular complexity index is 1200. The fourth-order valence-corrected chi connectivity index (χ4v) is 7.05. The summed E-state index contributed by atoms with van der Waals surface area (Å²) in [5.74, 6) is -0.0144. The fraction of sp³-hybridized carbons (Fsp3) is 0.455. The predicted octanol–water partition coefficient (Wildman–Crippen LogP) is 6.49. The van der Waals surface area contributed by atoms with Crippen LogP contribution < -0.4 is 0 Å². The van der Waals surface area contributed by atoms with Gasteiger partial charge in [-0.3, -0.25) is 0 Å². The van der Waals surface area contributed by atoms with Crippen LogP contribution in [0, 0.1) is 23.7 Å². The van der Waals surface area contributed by atoms with Gasteiger partial charge in [-0.25, -0.2) is 9.59 Å². The lowest BCUT2D eigenvalue weighted by Gasteiger charge is -2.52. The molecule has 2 aromatic rings. The van der Waals surface area contributed by atoms with Gasteiger partial charge in [-0.2, -0.15) is 0 Å². The second-order valence-corrected chi connectivity index (χ2v) is 11.6. The summed E-state index contributed by atoms with van der Waals surface area (Å²) >= 11 is 0. The van der Waals surface area contributed by atoms with E-state index in [1.165, 1.54) is 12.2 Å². The lowest BCUT2D eigenvalue weighted by molar-refractivity contribution is -0.264. The van der Waals surface area contributed by atoms with Crippen LogP contribution in [-0.2, 0) is 23.8 Å². The lowest BCUT2D eigenvalue weighted by Crippen LogP contribution is -2.62. The van der Waals surface area contributed by atoms with Crippen molar-refractivity contribution in [2.75, 3.05) is 0 Å². The molecule has 2 heterocycles. The number of rotatable bonds is 7. The van der Waals surface area contributed by atoms with Crippen molar-refractivity contribution in [1.29, 1.82) is 0 Å². The van der Waals surface area contributed by atoms with Crippen molar-refractivity contribution in [2.24, 2.45) is 23.7 Å². The van der Waals surface area contributed by atoms with Crippen molar-refractivity contribution in [1.82, 2.24) is 0 Å². The number of ether oxygens (including phenoxy) is 3. The van der Waals surface area contributed by atoms with E-state index in [1.807, 2.05) is 60.7 Å². The van der Waals surface area contributed by atoms with Crippen molar-refractivity contribution < 1.29 is 23.8 Å². The van der Waals surface area contributed by atoms with Gasteiger partial charge in [0, 0.05) is 24.5 Å². The molecule has 0 N–H and O–H groups in total. The number of fused-ring (bicyclic) bond motifs is 4. The molecular formula is C33H38O5. The van der Waals surface area contributed by atoms with E-state index in [2.05, 4.69) is 27.7 Å². The highest BCUT2D eigenvalue weighted by Gasteiger charge is 2.72. The summed E-state index contributed by atoms with van der Waals surface area (Å²) in [6.45, 7) is 8.57. The van der Waals surface area contributed by atoms with Crippen molar-refractivity contribution in [2.45, 2.75) is 70.4 Å². The summed E-state index contributed by atoms with van der Waals surface area (Å²) < 4.78 is 19.4. The van der Waals surface area contributed by atoms with Crippen LogP contribution in [0.4, 0.5) is 0 Å². The molecule has 38 heavy (non-hydrogen) atoms.